The van der Waals surface area contributed by atoms with Crippen LogP contribution in [0.3, 0.4) is 0 Å². The second kappa shape index (κ2) is 3.82. The quantitative estimate of drug-likeness (QED) is 0.376. The Kier molecular flexibility index (Phi) is 3.39. The van der Waals surface area contributed by atoms with Gasteiger partial charge in [0.25, 0.3) is 0 Å². The molecular weight excluding hydrogens is 170 g/mol. The SMILES string of the molecule is N[C@@H](C(=O)O)C(=C=S)C(=O)O. The maximum atomic E-state index is 10.2. The smallest absolute Gasteiger partial charge is 0.342 e. The predicted octanol–water partition coefficient (Wildman–Crippen LogP) is -0.992. The Hall–Kier alpha value is -1.23. The normalized spacial score (nSPS) is 11.4. The minimum Gasteiger partial charge on any atom is -0.480 e. The first kappa shape index (κ1) is 9.77. The standard InChI is InChI=1S/C5H5NO4S/c6-3(5(9)10)2(1-11)4(7)8/h3H,6H2,(H,7,8)(H,9,10)/t3-/m1/s1. The number of rotatable bonds is 3. The molecule has 0 aromatic carbocycles. The highest BCUT2D eigenvalue weighted by molar-refractivity contribution is 7.78. The predicted molar refractivity (Wildman–Crippen MR) is 39.4 cm³/mol. The molecule has 0 fully saturated rings. The number of hydrogen-bond donors (Lipinski definition) is 3. The van der Waals surface area contributed by atoms with Gasteiger partial charge in [-0.2, -0.15) is 0 Å². The van der Waals surface area contributed by atoms with Gasteiger partial charge in [0.2, 0.25) is 0 Å². The fourth-order valence-electron chi connectivity index (χ4n) is 0.364. The molecule has 0 saturated heterocycles. The largest absolute Gasteiger partial charge is 0.480 e. The molecule has 0 aliphatic carbocycles. The van der Waals surface area contributed by atoms with E-state index in [1.54, 1.807) is 5.02 Å². The zero-order valence-electron chi connectivity index (χ0n) is 5.27. The Morgan fingerprint density at radius 3 is 2.00 bits per heavy atom. The van der Waals surface area contributed by atoms with Crippen molar-refractivity contribution in [3.8, 4) is 0 Å². The second-order valence-corrected chi connectivity index (χ2v) is 1.84. The van der Waals surface area contributed by atoms with Crippen LogP contribution in [0, 0.1) is 0 Å². The van der Waals surface area contributed by atoms with Gasteiger partial charge in [-0.1, -0.05) is 0 Å². The fourth-order valence-corrected chi connectivity index (χ4v) is 0.578. The molecule has 4 N–H and O–H groups in total. The van der Waals surface area contributed by atoms with Gasteiger partial charge in [0.05, 0.1) is 0 Å². The van der Waals surface area contributed by atoms with Gasteiger partial charge in [0.1, 0.15) is 11.6 Å². The van der Waals surface area contributed by atoms with Crippen molar-refractivity contribution in [2.24, 2.45) is 5.73 Å². The van der Waals surface area contributed by atoms with E-state index in [4.69, 9.17) is 15.9 Å². The molecule has 0 radical (unpaired) electrons. The van der Waals surface area contributed by atoms with Gasteiger partial charge in [-0.15, -0.1) is 0 Å². The lowest BCUT2D eigenvalue weighted by atomic mass is 10.1. The summed E-state index contributed by atoms with van der Waals surface area (Å²) in [6.07, 6.45) is 0. The van der Waals surface area contributed by atoms with Crippen molar-refractivity contribution in [3.63, 3.8) is 0 Å². The van der Waals surface area contributed by atoms with E-state index in [-0.39, 0.29) is 0 Å². The zero-order valence-corrected chi connectivity index (χ0v) is 6.09. The van der Waals surface area contributed by atoms with Crippen molar-refractivity contribution in [1.29, 1.82) is 0 Å². The Balaban J connectivity index is 4.68. The number of thiocarbonyl (C=S) groups is 1. The van der Waals surface area contributed by atoms with Crippen LogP contribution in [-0.4, -0.2) is 33.2 Å². The highest BCUT2D eigenvalue weighted by Gasteiger charge is 2.22. The van der Waals surface area contributed by atoms with Gasteiger partial charge in [0, 0.05) is 0 Å². The molecule has 5 nitrogen and oxygen atoms in total. The average Bonchev–Trinajstić information content (AvgIpc) is 1.88. The van der Waals surface area contributed by atoms with E-state index in [0.717, 1.165) is 0 Å². The van der Waals surface area contributed by atoms with E-state index in [2.05, 4.69) is 12.2 Å². The minimum atomic E-state index is -1.61. The van der Waals surface area contributed by atoms with Crippen LogP contribution in [-0.2, 0) is 9.59 Å². The van der Waals surface area contributed by atoms with Crippen LogP contribution in [0.1, 0.15) is 0 Å². The van der Waals surface area contributed by atoms with Crippen molar-refractivity contribution in [1.82, 2.24) is 0 Å². The lowest BCUT2D eigenvalue weighted by Gasteiger charge is -2.02. The molecule has 0 rings (SSSR count). The molecule has 0 saturated carbocycles. The first-order valence-electron chi connectivity index (χ1n) is 2.47. The number of carbonyl (C=O) groups is 2. The molecule has 0 aromatic heterocycles. The van der Waals surface area contributed by atoms with Crippen LogP contribution in [0.25, 0.3) is 0 Å². The van der Waals surface area contributed by atoms with Crippen molar-refractivity contribution < 1.29 is 19.8 Å². The van der Waals surface area contributed by atoms with Gasteiger partial charge in [-0.3, -0.25) is 4.79 Å². The van der Waals surface area contributed by atoms with Crippen LogP contribution in [0.4, 0.5) is 0 Å². The van der Waals surface area contributed by atoms with Crippen molar-refractivity contribution in [2.75, 3.05) is 0 Å². The number of nitrogens with two attached hydrogens (primary N) is 1. The summed E-state index contributed by atoms with van der Waals surface area (Å²) in [7, 11) is 0. The Bertz CT molecular complexity index is 243. The molecule has 0 aliphatic rings. The maximum Gasteiger partial charge on any atom is 0.342 e. The summed E-state index contributed by atoms with van der Waals surface area (Å²) in [5, 5.41) is 18.3. The van der Waals surface area contributed by atoms with Crippen LogP contribution < -0.4 is 5.73 Å². The third-order valence-corrected chi connectivity index (χ3v) is 1.14. The molecule has 0 spiro atoms. The molecular formula is C5H5NO4S. The first-order chi connectivity index (χ1) is 5.00. The summed E-state index contributed by atoms with van der Waals surface area (Å²) in [6.45, 7) is 0. The third kappa shape index (κ3) is 2.46. The Morgan fingerprint density at radius 2 is 1.91 bits per heavy atom. The van der Waals surface area contributed by atoms with E-state index in [9.17, 15) is 9.59 Å². The molecule has 0 heterocycles. The van der Waals surface area contributed by atoms with Crippen LogP contribution in [0.5, 0.6) is 0 Å². The number of carboxylic acids is 2. The van der Waals surface area contributed by atoms with E-state index >= 15 is 0 Å². The molecule has 0 aromatic rings. The minimum absolute atomic E-state index is 0.618. The molecule has 0 aliphatic heterocycles. The number of hydrogen-bond acceptors (Lipinski definition) is 4. The summed E-state index contributed by atoms with van der Waals surface area (Å²) in [6, 6.07) is -1.61. The Morgan fingerprint density at radius 1 is 1.45 bits per heavy atom. The van der Waals surface area contributed by atoms with Gasteiger partial charge in [-0.25, -0.2) is 4.79 Å². The van der Waals surface area contributed by atoms with E-state index in [1.165, 1.54) is 0 Å². The van der Waals surface area contributed by atoms with Crippen molar-refractivity contribution in [2.45, 2.75) is 6.04 Å². The summed E-state index contributed by atoms with van der Waals surface area (Å²) in [5.41, 5.74) is 4.31. The van der Waals surface area contributed by atoms with E-state index < -0.39 is 23.6 Å². The Labute approximate surface area is 67.1 Å². The third-order valence-electron chi connectivity index (χ3n) is 0.917. The molecule has 1 atom stereocenters. The summed E-state index contributed by atoms with van der Waals surface area (Å²) in [4.78, 5) is 20.3. The van der Waals surface area contributed by atoms with Gasteiger partial charge in [-0.05, 0) is 17.2 Å². The van der Waals surface area contributed by atoms with Gasteiger partial charge >= 0.3 is 11.9 Å². The molecule has 0 bridgehead atoms. The lowest BCUT2D eigenvalue weighted by Crippen LogP contribution is -2.35. The molecule has 0 unspecified atom stereocenters. The van der Waals surface area contributed by atoms with Crippen molar-refractivity contribution in [3.05, 3.63) is 5.57 Å². The molecule has 11 heavy (non-hydrogen) atoms. The van der Waals surface area contributed by atoms with E-state index in [1.807, 2.05) is 0 Å². The topological polar surface area (TPSA) is 101 Å². The summed E-state index contributed by atoms with van der Waals surface area (Å²) < 4.78 is 0. The second-order valence-electron chi connectivity index (χ2n) is 1.64. The zero-order chi connectivity index (χ0) is 9.02. The molecule has 60 valence electrons. The first-order valence-corrected chi connectivity index (χ1v) is 2.88. The highest BCUT2D eigenvalue weighted by Crippen LogP contribution is 1.95. The summed E-state index contributed by atoms with van der Waals surface area (Å²) >= 11 is 4.13. The van der Waals surface area contributed by atoms with Gasteiger partial charge < -0.3 is 15.9 Å². The summed E-state index contributed by atoms with van der Waals surface area (Å²) in [5.74, 6) is -2.91. The molecule has 0 amide bonds. The van der Waals surface area contributed by atoms with Crippen LogP contribution >= 0.6 is 12.2 Å². The average molecular weight is 175 g/mol. The molecule has 6 heteroatoms. The monoisotopic (exact) mass is 175 g/mol. The number of carboxylic acid groups (broad SMARTS) is 2. The highest BCUT2D eigenvalue weighted by atomic mass is 32.1. The maximum absolute atomic E-state index is 10.2. The van der Waals surface area contributed by atoms with Crippen LogP contribution in [0.15, 0.2) is 5.57 Å². The van der Waals surface area contributed by atoms with Crippen molar-refractivity contribution >= 4 is 29.2 Å². The van der Waals surface area contributed by atoms with E-state index in [0.29, 0.717) is 0 Å². The van der Waals surface area contributed by atoms with Crippen LogP contribution in [0.2, 0.25) is 0 Å². The fraction of sp³-hybridized carbons (Fsp3) is 0.200. The number of aliphatic carboxylic acids is 2. The van der Waals surface area contributed by atoms with Gasteiger partial charge in [0.15, 0.2) is 0 Å². The lowest BCUT2D eigenvalue weighted by molar-refractivity contribution is -0.140.